The largest absolute Gasteiger partial charge is 0.492 e. The first-order valence-electron chi connectivity index (χ1n) is 10.6. The molecule has 0 fully saturated rings. The van der Waals surface area contributed by atoms with Crippen LogP contribution in [0.25, 0.3) is 0 Å². The number of methoxy groups -OCH3 is 1. The average Bonchev–Trinajstić information content (AvgIpc) is 3.26. The lowest BCUT2D eigenvalue weighted by Gasteiger charge is -2.31. The summed E-state index contributed by atoms with van der Waals surface area (Å²) in [4.78, 5) is 11.0. The van der Waals surface area contributed by atoms with Crippen LogP contribution in [0.3, 0.4) is 0 Å². The molecular formula is C25H30O5. The van der Waals surface area contributed by atoms with Gasteiger partial charge in [-0.3, -0.25) is 4.79 Å². The van der Waals surface area contributed by atoms with Crippen LogP contribution >= 0.6 is 0 Å². The van der Waals surface area contributed by atoms with E-state index >= 15 is 0 Å². The molecule has 1 unspecified atom stereocenters. The maximum atomic E-state index is 11.0. The number of carboxylic acids is 1. The van der Waals surface area contributed by atoms with Crippen LogP contribution < -0.4 is 9.47 Å². The second kappa shape index (κ2) is 7.95. The summed E-state index contributed by atoms with van der Waals surface area (Å²) in [6.45, 7) is 7.01. The predicted molar refractivity (Wildman–Crippen MR) is 114 cm³/mol. The third-order valence-electron chi connectivity index (χ3n) is 6.12. The van der Waals surface area contributed by atoms with E-state index in [0.717, 1.165) is 29.9 Å². The summed E-state index contributed by atoms with van der Waals surface area (Å²) in [6, 6.07) is 12.2. The minimum atomic E-state index is -0.806. The Kier molecular flexibility index (Phi) is 5.49. The minimum absolute atomic E-state index is 0.00658. The van der Waals surface area contributed by atoms with Crippen molar-refractivity contribution in [1.29, 1.82) is 0 Å². The number of carboxylic acid groups (broad SMARTS) is 1. The Morgan fingerprint density at radius 2 is 2.03 bits per heavy atom. The van der Waals surface area contributed by atoms with Gasteiger partial charge in [0.1, 0.15) is 17.6 Å². The Balaban J connectivity index is 1.56. The van der Waals surface area contributed by atoms with Crippen LogP contribution in [0.1, 0.15) is 74.0 Å². The molecule has 30 heavy (non-hydrogen) atoms. The van der Waals surface area contributed by atoms with Crippen LogP contribution in [0.15, 0.2) is 36.4 Å². The molecule has 0 aromatic heterocycles. The maximum Gasteiger partial charge on any atom is 0.304 e. The van der Waals surface area contributed by atoms with Gasteiger partial charge in [-0.15, -0.1) is 0 Å². The van der Waals surface area contributed by atoms with E-state index in [4.69, 9.17) is 19.3 Å². The Labute approximate surface area is 178 Å². The van der Waals surface area contributed by atoms with Crippen molar-refractivity contribution < 1.29 is 24.1 Å². The van der Waals surface area contributed by atoms with Crippen molar-refractivity contribution in [2.45, 2.75) is 58.2 Å². The molecule has 5 nitrogen and oxygen atoms in total. The Morgan fingerprint density at radius 3 is 2.73 bits per heavy atom. The van der Waals surface area contributed by atoms with Gasteiger partial charge in [0.05, 0.1) is 19.1 Å². The van der Waals surface area contributed by atoms with E-state index in [2.05, 4.69) is 39.0 Å². The molecule has 1 aliphatic carbocycles. The van der Waals surface area contributed by atoms with E-state index in [1.807, 2.05) is 18.2 Å². The van der Waals surface area contributed by atoms with Crippen LogP contribution in [0.5, 0.6) is 11.5 Å². The predicted octanol–water partition coefficient (Wildman–Crippen LogP) is 5.44. The van der Waals surface area contributed by atoms with E-state index in [1.54, 1.807) is 7.11 Å². The zero-order chi connectivity index (χ0) is 21.5. The van der Waals surface area contributed by atoms with Crippen molar-refractivity contribution in [3.63, 3.8) is 0 Å². The van der Waals surface area contributed by atoms with Crippen molar-refractivity contribution in [3.05, 3.63) is 58.7 Å². The van der Waals surface area contributed by atoms with Gasteiger partial charge >= 0.3 is 5.97 Å². The SMILES string of the molecule is CO[C@H](c1cccc2c1CC[C@H]2Oc1ccc2c(c1)OCC2CC(=O)O)C(C)(C)C. The molecule has 5 heteroatoms. The molecule has 0 bridgehead atoms. The molecule has 2 aromatic rings. The summed E-state index contributed by atoms with van der Waals surface area (Å²) in [5.41, 5.74) is 4.77. The van der Waals surface area contributed by atoms with Gasteiger partial charge in [0.25, 0.3) is 0 Å². The monoisotopic (exact) mass is 410 g/mol. The molecule has 0 spiro atoms. The van der Waals surface area contributed by atoms with Crippen LogP contribution in [0, 0.1) is 5.41 Å². The van der Waals surface area contributed by atoms with E-state index < -0.39 is 5.97 Å². The molecule has 1 N–H and O–H groups in total. The van der Waals surface area contributed by atoms with E-state index in [9.17, 15) is 4.79 Å². The molecule has 0 radical (unpaired) electrons. The highest BCUT2D eigenvalue weighted by Crippen LogP contribution is 2.45. The number of aliphatic carboxylic acids is 1. The summed E-state index contributed by atoms with van der Waals surface area (Å²) >= 11 is 0. The van der Waals surface area contributed by atoms with Gasteiger partial charge in [0.2, 0.25) is 0 Å². The number of carbonyl (C=O) groups is 1. The van der Waals surface area contributed by atoms with E-state index in [1.165, 1.54) is 16.7 Å². The second-order valence-corrected chi connectivity index (χ2v) is 9.35. The summed E-state index contributed by atoms with van der Waals surface area (Å²) in [5.74, 6) is 0.592. The zero-order valence-electron chi connectivity index (χ0n) is 18.1. The van der Waals surface area contributed by atoms with Gasteiger partial charge < -0.3 is 19.3 Å². The molecule has 3 atom stereocenters. The fourth-order valence-electron chi connectivity index (χ4n) is 4.83. The smallest absolute Gasteiger partial charge is 0.304 e. The molecule has 2 aromatic carbocycles. The number of hydrogen-bond donors (Lipinski definition) is 1. The summed E-state index contributed by atoms with van der Waals surface area (Å²) in [6.07, 6.45) is 2.00. The Morgan fingerprint density at radius 1 is 1.23 bits per heavy atom. The first-order valence-corrected chi connectivity index (χ1v) is 10.6. The van der Waals surface area contributed by atoms with Crippen LogP contribution in [0.4, 0.5) is 0 Å². The third kappa shape index (κ3) is 3.91. The van der Waals surface area contributed by atoms with Crippen molar-refractivity contribution in [2.75, 3.05) is 13.7 Å². The molecule has 0 saturated carbocycles. The molecule has 0 amide bonds. The highest BCUT2D eigenvalue weighted by Gasteiger charge is 2.33. The summed E-state index contributed by atoms with van der Waals surface area (Å²) in [7, 11) is 1.78. The lowest BCUT2D eigenvalue weighted by molar-refractivity contribution is -0.137. The van der Waals surface area contributed by atoms with E-state index in [-0.39, 0.29) is 30.0 Å². The van der Waals surface area contributed by atoms with Gasteiger partial charge in [0, 0.05) is 24.7 Å². The fraction of sp³-hybridized carbons (Fsp3) is 0.480. The molecule has 4 rings (SSSR count). The number of rotatable bonds is 6. The highest BCUT2D eigenvalue weighted by molar-refractivity contribution is 5.68. The van der Waals surface area contributed by atoms with Gasteiger partial charge in [-0.1, -0.05) is 45.0 Å². The van der Waals surface area contributed by atoms with Gasteiger partial charge in [-0.2, -0.15) is 0 Å². The topological polar surface area (TPSA) is 65.0 Å². The minimum Gasteiger partial charge on any atom is -0.492 e. The first kappa shape index (κ1) is 20.7. The average molecular weight is 411 g/mol. The normalized spacial score (nSPS) is 20.9. The fourth-order valence-corrected chi connectivity index (χ4v) is 4.83. The Bertz CT molecular complexity index is 943. The first-order chi connectivity index (χ1) is 14.3. The van der Waals surface area contributed by atoms with Crippen LogP contribution in [-0.4, -0.2) is 24.8 Å². The number of ether oxygens (including phenoxy) is 3. The summed E-state index contributed by atoms with van der Waals surface area (Å²) < 4.78 is 18.0. The van der Waals surface area contributed by atoms with Crippen molar-refractivity contribution >= 4 is 5.97 Å². The van der Waals surface area contributed by atoms with Crippen molar-refractivity contribution in [3.8, 4) is 11.5 Å². The number of benzene rings is 2. The maximum absolute atomic E-state index is 11.0. The quantitative estimate of drug-likeness (QED) is 0.687. The van der Waals surface area contributed by atoms with Gasteiger partial charge in [0.15, 0.2) is 0 Å². The molecular weight excluding hydrogens is 380 g/mol. The van der Waals surface area contributed by atoms with Crippen LogP contribution in [0.2, 0.25) is 0 Å². The van der Waals surface area contributed by atoms with Crippen molar-refractivity contribution in [1.82, 2.24) is 0 Å². The van der Waals surface area contributed by atoms with E-state index in [0.29, 0.717) is 6.61 Å². The number of hydrogen-bond acceptors (Lipinski definition) is 4. The molecule has 1 heterocycles. The Hall–Kier alpha value is -2.53. The van der Waals surface area contributed by atoms with Gasteiger partial charge in [-0.25, -0.2) is 0 Å². The van der Waals surface area contributed by atoms with Crippen LogP contribution in [-0.2, 0) is 16.0 Å². The number of fused-ring (bicyclic) bond motifs is 2. The molecule has 160 valence electrons. The standard InChI is InChI=1S/C25H30O5/c1-25(2,3)24(28-4)20-7-5-6-19-18(20)10-11-21(19)30-16-8-9-17-15(12-23(26)27)14-29-22(17)13-16/h5-9,13,15,21,24H,10-12,14H2,1-4H3,(H,26,27)/t15?,21-,24-/m1/s1. The molecule has 1 aliphatic heterocycles. The second-order valence-electron chi connectivity index (χ2n) is 9.35. The molecule has 2 aliphatic rings. The van der Waals surface area contributed by atoms with Crippen molar-refractivity contribution in [2.24, 2.45) is 5.41 Å². The highest BCUT2D eigenvalue weighted by atomic mass is 16.5. The summed E-state index contributed by atoms with van der Waals surface area (Å²) in [5, 5.41) is 9.08. The zero-order valence-corrected chi connectivity index (χ0v) is 18.1. The lowest BCUT2D eigenvalue weighted by atomic mass is 9.82. The third-order valence-corrected chi connectivity index (χ3v) is 6.12. The lowest BCUT2D eigenvalue weighted by Crippen LogP contribution is -2.21. The molecule has 0 saturated heterocycles. The van der Waals surface area contributed by atoms with Gasteiger partial charge in [-0.05, 0) is 41.0 Å².